The highest BCUT2D eigenvalue weighted by molar-refractivity contribution is 14.1. The molecule has 1 aliphatic carbocycles. The Labute approximate surface area is 197 Å². The Morgan fingerprint density at radius 3 is 2.40 bits per heavy atom. The molecule has 0 unspecified atom stereocenters. The molecular weight excluding hydrogens is 509 g/mol. The Morgan fingerprint density at radius 1 is 1.07 bits per heavy atom. The molecule has 30 heavy (non-hydrogen) atoms. The standard InChI is InChI=1S/C24H27ClIN3O/c1-16-22(24(30)27-19-8-4-2-3-5-9-19)28-29(21-11-7-6-10-20(21)25)23(16)17-12-14-18(26)15-13-17/h6-7,10-16,19,23H,2-5,8-9H2,1H3,(H,27,30)/t16-,23+/m0/s1. The molecule has 2 aromatic carbocycles. The molecule has 2 aliphatic rings. The van der Waals surface area contributed by atoms with Crippen LogP contribution in [0.25, 0.3) is 0 Å². The van der Waals surface area contributed by atoms with Crippen molar-refractivity contribution in [3.8, 4) is 0 Å². The number of anilines is 1. The Kier molecular flexibility index (Phi) is 6.98. The molecule has 1 amide bonds. The molecule has 2 atom stereocenters. The van der Waals surface area contributed by atoms with E-state index >= 15 is 0 Å². The van der Waals surface area contributed by atoms with Gasteiger partial charge in [-0.2, -0.15) is 5.10 Å². The van der Waals surface area contributed by atoms with E-state index in [0.717, 1.165) is 24.1 Å². The highest BCUT2D eigenvalue weighted by atomic mass is 127. The lowest BCUT2D eigenvalue weighted by Gasteiger charge is -2.27. The SMILES string of the molecule is C[C@H]1C(C(=O)NC2CCCCCC2)=NN(c2ccccc2Cl)[C@H]1c1ccc(I)cc1. The lowest BCUT2D eigenvalue weighted by molar-refractivity contribution is -0.115. The van der Waals surface area contributed by atoms with Gasteiger partial charge in [0.2, 0.25) is 0 Å². The van der Waals surface area contributed by atoms with Crippen LogP contribution in [-0.2, 0) is 4.79 Å². The summed E-state index contributed by atoms with van der Waals surface area (Å²) in [5, 5.41) is 10.7. The fourth-order valence-electron chi connectivity index (χ4n) is 4.50. The molecule has 0 bridgehead atoms. The van der Waals surface area contributed by atoms with Crippen LogP contribution in [-0.4, -0.2) is 17.7 Å². The van der Waals surface area contributed by atoms with Gasteiger partial charge in [-0.1, -0.05) is 68.5 Å². The molecule has 1 heterocycles. The number of benzene rings is 2. The van der Waals surface area contributed by atoms with Gasteiger partial charge in [0.25, 0.3) is 5.91 Å². The average Bonchev–Trinajstić information content (AvgIpc) is 2.89. The van der Waals surface area contributed by atoms with Gasteiger partial charge in [0.1, 0.15) is 5.71 Å². The molecular formula is C24H27ClIN3O. The second kappa shape index (κ2) is 9.69. The number of hydrogen-bond donors (Lipinski definition) is 1. The summed E-state index contributed by atoms with van der Waals surface area (Å²) in [6.45, 7) is 2.09. The van der Waals surface area contributed by atoms with E-state index in [1.54, 1.807) is 0 Å². The van der Waals surface area contributed by atoms with Crippen LogP contribution in [0.15, 0.2) is 53.6 Å². The first kappa shape index (κ1) is 21.6. The zero-order valence-electron chi connectivity index (χ0n) is 17.2. The van der Waals surface area contributed by atoms with Crippen molar-refractivity contribution in [2.24, 2.45) is 11.0 Å². The maximum absolute atomic E-state index is 13.2. The number of rotatable bonds is 4. The van der Waals surface area contributed by atoms with Crippen LogP contribution in [0.1, 0.15) is 57.1 Å². The third-order valence-electron chi connectivity index (χ3n) is 6.12. The van der Waals surface area contributed by atoms with Crippen LogP contribution >= 0.6 is 34.2 Å². The average molecular weight is 536 g/mol. The third kappa shape index (κ3) is 4.67. The van der Waals surface area contributed by atoms with Gasteiger partial charge < -0.3 is 5.32 Å². The predicted octanol–water partition coefficient (Wildman–Crippen LogP) is 6.34. The van der Waals surface area contributed by atoms with Crippen molar-refractivity contribution in [2.75, 3.05) is 5.01 Å². The number of amides is 1. The molecule has 6 heteroatoms. The lowest BCUT2D eigenvalue weighted by atomic mass is 9.90. The normalized spacial score (nSPS) is 22.5. The Bertz CT molecular complexity index is 922. The smallest absolute Gasteiger partial charge is 0.268 e. The highest BCUT2D eigenvalue weighted by Crippen LogP contribution is 2.41. The molecule has 0 radical (unpaired) electrons. The van der Waals surface area contributed by atoms with Gasteiger partial charge in [-0.05, 0) is 65.3 Å². The van der Waals surface area contributed by atoms with Gasteiger partial charge in [-0.3, -0.25) is 9.80 Å². The zero-order chi connectivity index (χ0) is 21.1. The fourth-order valence-corrected chi connectivity index (χ4v) is 5.08. The summed E-state index contributed by atoms with van der Waals surface area (Å²) in [5.74, 6) is -0.0911. The topological polar surface area (TPSA) is 44.7 Å². The number of nitrogens with zero attached hydrogens (tertiary/aromatic N) is 2. The van der Waals surface area contributed by atoms with Crippen molar-refractivity contribution in [3.05, 3.63) is 62.7 Å². The number of nitrogens with one attached hydrogen (secondary N) is 1. The third-order valence-corrected chi connectivity index (χ3v) is 7.16. The minimum Gasteiger partial charge on any atom is -0.348 e. The highest BCUT2D eigenvalue weighted by Gasteiger charge is 2.40. The molecule has 1 fully saturated rings. The number of hydrazone groups is 1. The van der Waals surface area contributed by atoms with Crippen LogP contribution in [0.5, 0.6) is 0 Å². The van der Waals surface area contributed by atoms with Crippen LogP contribution in [0, 0.1) is 9.49 Å². The number of para-hydroxylation sites is 1. The van der Waals surface area contributed by atoms with Gasteiger partial charge in [0, 0.05) is 15.5 Å². The van der Waals surface area contributed by atoms with E-state index < -0.39 is 0 Å². The monoisotopic (exact) mass is 535 g/mol. The number of carbonyl (C=O) groups is 1. The Balaban J connectivity index is 1.65. The molecule has 1 saturated carbocycles. The van der Waals surface area contributed by atoms with E-state index in [1.807, 2.05) is 29.3 Å². The molecule has 158 valence electrons. The van der Waals surface area contributed by atoms with Gasteiger partial charge in [-0.15, -0.1) is 0 Å². The summed E-state index contributed by atoms with van der Waals surface area (Å²) >= 11 is 8.83. The number of hydrogen-bond acceptors (Lipinski definition) is 3. The van der Waals surface area contributed by atoms with Crippen molar-refractivity contribution in [1.82, 2.24) is 5.32 Å². The lowest BCUT2D eigenvalue weighted by Crippen LogP contribution is -2.40. The van der Waals surface area contributed by atoms with Gasteiger partial charge in [-0.25, -0.2) is 0 Å². The fraction of sp³-hybridized carbons (Fsp3) is 0.417. The van der Waals surface area contributed by atoms with Crippen molar-refractivity contribution < 1.29 is 4.79 Å². The van der Waals surface area contributed by atoms with Crippen LogP contribution in [0.4, 0.5) is 5.69 Å². The quantitative estimate of drug-likeness (QED) is 0.367. The van der Waals surface area contributed by atoms with E-state index in [1.165, 1.54) is 29.3 Å². The van der Waals surface area contributed by atoms with Gasteiger partial charge in [0.05, 0.1) is 16.8 Å². The molecule has 1 N–H and O–H groups in total. The van der Waals surface area contributed by atoms with Gasteiger partial charge >= 0.3 is 0 Å². The second-order valence-electron chi connectivity index (χ2n) is 8.23. The summed E-state index contributed by atoms with van der Waals surface area (Å²) in [6.07, 6.45) is 7.01. The molecule has 2 aromatic rings. The molecule has 1 aliphatic heterocycles. The van der Waals surface area contributed by atoms with E-state index in [2.05, 4.69) is 59.1 Å². The molecule has 0 aromatic heterocycles. The minimum absolute atomic E-state index is 0.0422. The van der Waals surface area contributed by atoms with E-state index in [4.69, 9.17) is 16.7 Å². The Hall–Kier alpha value is -1.60. The summed E-state index contributed by atoms with van der Waals surface area (Å²) < 4.78 is 1.18. The maximum atomic E-state index is 13.2. The molecule has 4 rings (SSSR count). The van der Waals surface area contributed by atoms with Crippen molar-refractivity contribution >= 4 is 51.5 Å². The summed E-state index contributed by atoms with van der Waals surface area (Å²) in [4.78, 5) is 13.2. The van der Waals surface area contributed by atoms with Crippen LogP contribution in [0.2, 0.25) is 5.02 Å². The van der Waals surface area contributed by atoms with Crippen molar-refractivity contribution in [3.63, 3.8) is 0 Å². The van der Waals surface area contributed by atoms with E-state index in [0.29, 0.717) is 10.7 Å². The largest absolute Gasteiger partial charge is 0.348 e. The van der Waals surface area contributed by atoms with Crippen LogP contribution < -0.4 is 10.3 Å². The molecule has 0 spiro atoms. The number of carbonyl (C=O) groups excluding carboxylic acids is 1. The predicted molar refractivity (Wildman–Crippen MR) is 132 cm³/mol. The van der Waals surface area contributed by atoms with Crippen LogP contribution in [0.3, 0.4) is 0 Å². The first-order valence-corrected chi connectivity index (χ1v) is 12.2. The second-order valence-corrected chi connectivity index (χ2v) is 9.88. The van der Waals surface area contributed by atoms with Gasteiger partial charge in [0.15, 0.2) is 0 Å². The van der Waals surface area contributed by atoms with Crippen molar-refractivity contribution in [1.29, 1.82) is 0 Å². The first-order valence-electron chi connectivity index (χ1n) is 10.7. The number of halogens is 2. The van der Waals surface area contributed by atoms with E-state index in [9.17, 15) is 4.79 Å². The summed E-state index contributed by atoms with van der Waals surface area (Å²) in [6, 6.07) is 16.3. The summed E-state index contributed by atoms with van der Waals surface area (Å²) in [7, 11) is 0. The van der Waals surface area contributed by atoms with E-state index in [-0.39, 0.29) is 23.9 Å². The van der Waals surface area contributed by atoms with Crippen molar-refractivity contribution in [2.45, 2.75) is 57.5 Å². The minimum atomic E-state index is -0.0724. The summed E-state index contributed by atoms with van der Waals surface area (Å²) in [5.41, 5.74) is 2.54. The first-order chi connectivity index (χ1) is 14.5. The maximum Gasteiger partial charge on any atom is 0.268 e. The molecule has 4 nitrogen and oxygen atoms in total. The Morgan fingerprint density at radius 2 is 1.73 bits per heavy atom. The molecule has 0 saturated heterocycles. The zero-order valence-corrected chi connectivity index (χ0v) is 20.1.